The predicted octanol–water partition coefficient (Wildman–Crippen LogP) is 1.15. The van der Waals surface area contributed by atoms with E-state index in [9.17, 15) is 4.79 Å². The number of hydrogen-bond acceptors (Lipinski definition) is 4. The van der Waals surface area contributed by atoms with Crippen LogP contribution in [0.4, 0.5) is 0 Å². The molecule has 0 bridgehead atoms. The fourth-order valence-electron chi connectivity index (χ4n) is 3.63. The zero-order valence-corrected chi connectivity index (χ0v) is 14.3. The average Bonchev–Trinajstić information content (AvgIpc) is 2.93. The minimum absolute atomic E-state index is 0.212. The maximum absolute atomic E-state index is 11.4. The number of aryl methyl sites for hydroxylation is 1. The Bertz CT molecular complexity index is 522. The molecule has 2 aliphatic rings. The Labute approximate surface area is 138 Å². The molecule has 0 unspecified atom stereocenters. The first-order valence-corrected chi connectivity index (χ1v) is 8.68. The highest BCUT2D eigenvalue weighted by Crippen LogP contribution is 2.20. The van der Waals surface area contributed by atoms with Gasteiger partial charge in [0.1, 0.15) is 0 Å². The van der Waals surface area contributed by atoms with E-state index in [4.69, 9.17) is 4.74 Å². The molecule has 3 heterocycles. The summed E-state index contributed by atoms with van der Waals surface area (Å²) in [6.07, 6.45) is 6.43. The zero-order chi connectivity index (χ0) is 16.2. The zero-order valence-electron chi connectivity index (χ0n) is 14.3. The van der Waals surface area contributed by atoms with Gasteiger partial charge in [-0.3, -0.25) is 14.4 Å². The molecule has 2 aliphatic heterocycles. The van der Waals surface area contributed by atoms with Gasteiger partial charge in [-0.1, -0.05) is 0 Å². The van der Waals surface area contributed by atoms with Crippen molar-refractivity contribution in [3.05, 3.63) is 18.0 Å². The van der Waals surface area contributed by atoms with Gasteiger partial charge in [0.05, 0.1) is 25.5 Å². The predicted molar refractivity (Wildman–Crippen MR) is 88.1 cm³/mol. The molecule has 128 valence electrons. The van der Waals surface area contributed by atoms with Crippen LogP contribution in [-0.4, -0.2) is 70.9 Å². The Kier molecular flexibility index (Phi) is 5.33. The second-order valence-electron chi connectivity index (χ2n) is 6.94. The highest BCUT2D eigenvalue weighted by molar-refractivity contribution is 5.73. The van der Waals surface area contributed by atoms with Crippen LogP contribution in [0.5, 0.6) is 0 Å². The third-order valence-corrected chi connectivity index (χ3v) is 4.95. The Balaban J connectivity index is 1.44. The fraction of sp³-hybridized carbons (Fsp3) is 0.765. The molecule has 1 aromatic heterocycles. The van der Waals surface area contributed by atoms with Gasteiger partial charge in [0.25, 0.3) is 0 Å². The summed E-state index contributed by atoms with van der Waals surface area (Å²) >= 11 is 0. The van der Waals surface area contributed by atoms with E-state index < -0.39 is 0 Å². The average molecular weight is 320 g/mol. The number of hydrogen-bond donors (Lipinski definition) is 0. The van der Waals surface area contributed by atoms with Crippen molar-refractivity contribution < 1.29 is 9.53 Å². The number of nitrogens with zero attached hydrogens (tertiary/aromatic N) is 4. The van der Waals surface area contributed by atoms with Gasteiger partial charge in [-0.05, 0) is 31.2 Å². The second-order valence-corrected chi connectivity index (χ2v) is 6.94. The van der Waals surface area contributed by atoms with E-state index in [-0.39, 0.29) is 12.0 Å². The lowest BCUT2D eigenvalue weighted by molar-refractivity contribution is -0.130. The smallest absolute Gasteiger partial charge is 0.219 e. The molecule has 0 N–H and O–H groups in total. The van der Waals surface area contributed by atoms with Crippen LogP contribution in [0.3, 0.4) is 0 Å². The number of rotatable bonds is 4. The number of carbonyl (C=O) groups is 1. The van der Waals surface area contributed by atoms with Crippen molar-refractivity contribution in [3.63, 3.8) is 0 Å². The quantitative estimate of drug-likeness (QED) is 0.835. The Morgan fingerprint density at radius 3 is 2.74 bits per heavy atom. The summed E-state index contributed by atoms with van der Waals surface area (Å²) in [4.78, 5) is 15.9. The van der Waals surface area contributed by atoms with Gasteiger partial charge in [-0.15, -0.1) is 0 Å². The standard InChI is InChI=1S/C17H28N4O2/c1-14-9-18-21(10-14)13-17-12-19(7-8-23-17)11-16-3-5-20(6-4-16)15(2)22/h9-10,16-17H,3-8,11-13H2,1-2H3/t17-/m0/s1. The fourth-order valence-corrected chi connectivity index (χ4v) is 3.63. The first-order valence-electron chi connectivity index (χ1n) is 8.68. The van der Waals surface area contributed by atoms with E-state index in [0.717, 1.165) is 58.7 Å². The SMILES string of the molecule is CC(=O)N1CCC(CN2CCO[C@H](Cn3cc(C)cn3)C2)CC1. The molecule has 1 atom stereocenters. The van der Waals surface area contributed by atoms with Gasteiger partial charge in [0.2, 0.25) is 5.91 Å². The molecule has 0 spiro atoms. The lowest BCUT2D eigenvalue weighted by Crippen LogP contribution is -2.47. The highest BCUT2D eigenvalue weighted by Gasteiger charge is 2.26. The minimum Gasteiger partial charge on any atom is -0.374 e. The van der Waals surface area contributed by atoms with Crippen LogP contribution in [0.1, 0.15) is 25.3 Å². The number of amides is 1. The summed E-state index contributed by atoms with van der Waals surface area (Å²) in [6, 6.07) is 0. The third kappa shape index (κ3) is 4.54. The molecule has 3 rings (SSSR count). The molecule has 0 aliphatic carbocycles. The normalized spacial score (nSPS) is 24.1. The van der Waals surface area contributed by atoms with Crippen LogP contribution in [0.2, 0.25) is 0 Å². The molecule has 0 radical (unpaired) electrons. The first-order chi connectivity index (χ1) is 11.1. The number of morpholine rings is 1. The van der Waals surface area contributed by atoms with Gasteiger partial charge >= 0.3 is 0 Å². The summed E-state index contributed by atoms with van der Waals surface area (Å²) in [5, 5.41) is 4.36. The summed E-state index contributed by atoms with van der Waals surface area (Å²) < 4.78 is 7.88. The maximum atomic E-state index is 11.4. The summed E-state index contributed by atoms with van der Waals surface area (Å²) in [7, 11) is 0. The summed E-state index contributed by atoms with van der Waals surface area (Å²) in [6.45, 7) is 10.3. The third-order valence-electron chi connectivity index (χ3n) is 4.95. The molecule has 1 aromatic rings. The number of ether oxygens (including phenoxy) is 1. The molecule has 2 fully saturated rings. The lowest BCUT2D eigenvalue weighted by Gasteiger charge is -2.38. The van der Waals surface area contributed by atoms with E-state index in [1.807, 2.05) is 15.8 Å². The first kappa shape index (κ1) is 16.5. The highest BCUT2D eigenvalue weighted by atomic mass is 16.5. The lowest BCUT2D eigenvalue weighted by atomic mass is 9.96. The van der Waals surface area contributed by atoms with Crippen LogP contribution in [-0.2, 0) is 16.1 Å². The largest absolute Gasteiger partial charge is 0.374 e. The van der Waals surface area contributed by atoms with Crippen LogP contribution in [0.25, 0.3) is 0 Å². The second kappa shape index (κ2) is 7.45. The van der Waals surface area contributed by atoms with Crippen LogP contribution in [0, 0.1) is 12.8 Å². The Morgan fingerprint density at radius 1 is 1.30 bits per heavy atom. The van der Waals surface area contributed by atoms with E-state index in [1.165, 1.54) is 5.56 Å². The molecule has 6 heteroatoms. The van der Waals surface area contributed by atoms with Gasteiger partial charge in [0.15, 0.2) is 0 Å². The maximum Gasteiger partial charge on any atom is 0.219 e. The van der Waals surface area contributed by atoms with E-state index in [2.05, 4.69) is 23.1 Å². The summed E-state index contributed by atoms with van der Waals surface area (Å²) in [5.74, 6) is 0.917. The van der Waals surface area contributed by atoms with Gasteiger partial charge < -0.3 is 9.64 Å². The summed E-state index contributed by atoms with van der Waals surface area (Å²) in [5.41, 5.74) is 1.19. The molecule has 0 aromatic carbocycles. The van der Waals surface area contributed by atoms with Crippen molar-refractivity contribution in [2.45, 2.75) is 39.3 Å². The van der Waals surface area contributed by atoms with Crippen LogP contribution in [0.15, 0.2) is 12.4 Å². The van der Waals surface area contributed by atoms with Crippen LogP contribution < -0.4 is 0 Å². The molecule has 23 heavy (non-hydrogen) atoms. The van der Waals surface area contributed by atoms with Crippen LogP contribution >= 0.6 is 0 Å². The van der Waals surface area contributed by atoms with Crippen molar-refractivity contribution in [1.29, 1.82) is 0 Å². The van der Waals surface area contributed by atoms with E-state index in [0.29, 0.717) is 5.92 Å². The molecule has 1 amide bonds. The topological polar surface area (TPSA) is 50.6 Å². The molecular weight excluding hydrogens is 292 g/mol. The van der Waals surface area contributed by atoms with E-state index >= 15 is 0 Å². The van der Waals surface area contributed by atoms with E-state index in [1.54, 1.807) is 6.92 Å². The monoisotopic (exact) mass is 320 g/mol. The van der Waals surface area contributed by atoms with Gasteiger partial charge in [0, 0.05) is 45.8 Å². The van der Waals surface area contributed by atoms with Crippen molar-refractivity contribution in [3.8, 4) is 0 Å². The Morgan fingerprint density at radius 2 is 2.09 bits per heavy atom. The number of piperidine rings is 1. The molecule has 0 saturated carbocycles. The molecule has 6 nitrogen and oxygen atoms in total. The Hall–Kier alpha value is -1.40. The van der Waals surface area contributed by atoms with Crippen molar-refractivity contribution >= 4 is 5.91 Å². The van der Waals surface area contributed by atoms with Gasteiger partial charge in [-0.25, -0.2) is 0 Å². The number of aromatic nitrogens is 2. The molecular formula is C17H28N4O2. The minimum atomic E-state index is 0.212. The van der Waals surface area contributed by atoms with Crippen molar-refractivity contribution in [1.82, 2.24) is 19.6 Å². The molecule has 2 saturated heterocycles. The van der Waals surface area contributed by atoms with Crippen molar-refractivity contribution in [2.75, 3.05) is 39.3 Å². The number of carbonyl (C=O) groups excluding carboxylic acids is 1. The number of likely N-dealkylation sites (tertiary alicyclic amines) is 1. The van der Waals surface area contributed by atoms with Gasteiger partial charge in [-0.2, -0.15) is 5.10 Å². The van der Waals surface area contributed by atoms with Crippen molar-refractivity contribution in [2.24, 2.45) is 5.92 Å².